The first-order chi connectivity index (χ1) is 10.3. The van der Waals surface area contributed by atoms with Crippen molar-refractivity contribution in [2.75, 3.05) is 25.1 Å². The van der Waals surface area contributed by atoms with Gasteiger partial charge in [-0.05, 0) is 19.4 Å². The number of rotatable bonds is 3. The zero-order valence-corrected chi connectivity index (χ0v) is 13.4. The van der Waals surface area contributed by atoms with Gasteiger partial charge < -0.3 is 15.2 Å². The maximum atomic E-state index is 12.7. The standard InChI is InChI=1S/C13H15ClN2O5S/c1-13(7-17)2-3-16(13)22(19,20)11-5-10-9(4-8(11)14)15-12(18)6-21-10/h4-5,17H,2-3,6-7H2,1H3,(H,15,18). The summed E-state index contributed by atoms with van der Waals surface area (Å²) in [6.07, 6.45) is 0.581. The second-order valence-corrected chi connectivity index (χ2v) is 7.84. The van der Waals surface area contributed by atoms with Gasteiger partial charge in [-0.25, -0.2) is 8.42 Å². The van der Waals surface area contributed by atoms with Gasteiger partial charge in [0.05, 0.1) is 22.9 Å². The molecule has 1 atom stereocenters. The van der Waals surface area contributed by atoms with E-state index < -0.39 is 15.6 Å². The van der Waals surface area contributed by atoms with E-state index in [2.05, 4.69) is 5.32 Å². The number of anilines is 1. The average molecular weight is 347 g/mol. The molecule has 1 unspecified atom stereocenters. The van der Waals surface area contributed by atoms with Crippen LogP contribution in [0.2, 0.25) is 5.02 Å². The maximum Gasteiger partial charge on any atom is 0.262 e. The molecule has 1 amide bonds. The fourth-order valence-corrected chi connectivity index (χ4v) is 4.87. The van der Waals surface area contributed by atoms with Gasteiger partial charge in [-0.3, -0.25) is 4.79 Å². The second kappa shape index (κ2) is 5.09. The predicted octanol–water partition coefficient (Wildman–Crippen LogP) is 0.816. The number of carbonyl (C=O) groups excluding carboxylic acids is 1. The molecule has 1 aromatic carbocycles. The van der Waals surface area contributed by atoms with E-state index in [4.69, 9.17) is 16.3 Å². The number of hydrogen-bond acceptors (Lipinski definition) is 5. The van der Waals surface area contributed by atoms with Crippen molar-refractivity contribution >= 4 is 33.2 Å². The largest absolute Gasteiger partial charge is 0.482 e. The molecule has 0 aliphatic carbocycles. The minimum absolute atomic E-state index is 0.00302. The highest BCUT2D eigenvalue weighted by Gasteiger charge is 2.48. The zero-order valence-electron chi connectivity index (χ0n) is 11.8. The summed E-state index contributed by atoms with van der Waals surface area (Å²) in [4.78, 5) is 11.2. The molecular weight excluding hydrogens is 332 g/mol. The summed E-state index contributed by atoms with van der Waals surface area (Å²) in [5, 5.41) is 12.0. The van der Waals surface area contributed by atoms with Crippen molar-refractivity contribution in [1.29, 1.82) is 0 Å². The molecule has 2 heterocycles. The number of aliphatic hydroxyl groups excluding tert-OH is 1. The third kappa shape index (κ3) is 2.26. The summed E-state index contributed by atoms with van der Waals surface area (Å²) >= 11 is 6.08. The van der Waals surface area contributed by atoms with Gasteiger partial charge in [0, 0.05) is 12.6 Å². The van der Waals surface area contributed by atoms with Crippen molar-refractivity contribution < 1.29 is 23.1 Å². The Bertz CT molecular complexity index is 747. The van der Waals surface area contributed by atoms with Crippen LogP contribution in [0.15, 0.2) is 17.0 Å². The van der Waals surface area contributed by atoms with Crippen molar-refractivity contribution in [3.63, 3.8) is 0 Å². The van der Waals surface area contributed by atoms with Gasteiger partial charge in [0.25, 0.3) is 5.91 Å². The van der Waals surface area contributed by atoms with E-state index in [9.17, 15) is 18.3 Å². The van der Waals surface area contributed by atoms with Crippen molar-refractivity contribution in [2.45, 2.75) is 23.8 Å². The van der Waals surface area contributed by atoms with Crippen LogP contribution in [0.1, 0.15) is 13.3 Å². The van der Waals surface area contributed by atoms with Crippen LogP contribution in [0, 0.1) is 0 Å². The molecule has 2 N–H and O–H groups in total. The Kier molecular flexibility index (Phi) is 3.59. The minimum atomic E-state index is -3.85. The highest BCUT2D eigenvalue weighted by atomic mass is 35.5. The third-order valence-electron chi connectivity index (χ3n) is 4.03. The van der Waals surface area contributed by atoms with Gasteiger partial charge in [0.2, 0.25) is 10.0 Å². The van der Waals surface area contributed by atoms with Crippen molar-refractivity contribution in [2.24, 2.45) is 0 Å². The Hall–Kier alpha value is -1.35. The number of hydrogen-bond donors (Lipinski definition) is 2. The van der Waals surface area contributed by atoms with Gasteiger partial charge in [0.15, 0.2) is 6.61 Å². The van der Waals surface area contributed by atoms with Gasteiger partial charge >= 0.3 is 0 Å². The van der Waals surface area contributed by atoms with Crippen molar-refractivity contribution in [1.82, 2.24) is 4.31 Å². The van der Waals surface area contributed by atoms with Crippen LogP contribution in [0.25, 0.3) is 0 Å². The topological polar surface area (TPSA) is 95.9 Å². The number of carbonyl (C=O) groups is 1. The molecule has 2 aliphatic heterocycles. The molecule has 1 saturated heterocycles. The number of aliphatic hydroxyl groups is 1. The first kappa shape index (κ1) is 15.5. The lowest BCUT2D eigenvalue weighted by atomic mass is 9.91. The van der Waals surface area contributed by atoms with Crippen LogP contribution in [-0.2, 0) is 14.8 Å². The zero-order chi connectivity index (χ0) is 16.1. The van der Waals surface area contributed by atoms with E-state index in [1.165, 1.54) is 16.4 Å². The number of nitrogens with one attached hydrogen (secondary N) is 1. The highest BCUT2D eigenvalue weighted by molar-refractivity contribution is 7.89. The number of sulfonamides is 1. The average Bonchev–Trinajstić information content (AvgIpc) is 2.43. The Balaban J connectivity index is 2.03. The number of amides is 1. The first-order valence-corrected chi connectivity index (χ1v) is 8.50. The van der Waals surface area contributed by atoms with E-state index in [1.807, 2.05) is 0 Å². The van der Waals surface area contributed by atoms with Crippen LogP contribution in [0.5, 0.6) is 5.75 Å². The fraction of sp³-hybridized carbons (Fsp3) is 0.462. The molecule has 0 radical (unpaired) electrons. The number of ether oxygens (including phenoxy) is 1. The molecular formula is C13H15ClN2O5S. The lowest BCUT2D eigenvalue weighted by molar-refractivity contribution is -0.118. The summed E-state index contributed by atoms with van der Waals surface area (Å²) in [6, 6.07) is 2.67. The molecule has 0 spiro atoms. The third-order valence-corrected chi connectivity index (χ3v) is 6.55. The van der Waals surface area contributed by atoms with E-state index in [0.29, 0.717) is 18.7 Å². The number of benzene rings is 1. The Morgan fingerprint density at radius 3 is 2.82 bits per heavy atom. The van der Waals surface area contributed by atoms with Gasteiger partial charge in [0.1, 0.15) is 10.6 Å². The van der Waals surface area contributed by atoms with Crippen molar-refractivity contribution in [3.05, 3.63) is 17.2 Å². The Labute approximate surface area is 132 Å². The van der Waals surface area contributed by atoms with Gasteiger partial charge in [-0.2, -0.15) is 4.31 Å². The molecule has 1 fully saturated rings. The molecule has 1 aromatic rings. The van der Waals surface area contributed by atoms with Crippen LogP contribution in [-0.4, -0.2) is 49.0 Å². The van der Waals surface area contributed by atoms with E-state index >= 15 is 0 Å². The van der Waals surface area contributed by atoms with Gasteiger partial charge in [-0.1, -0.05) is 11.6 Å². The monoisotopic (exact) mass is 346 g/mol. The number of fused-ring (bicyclic) bond motifs is 1. The fourth-order valence-electron chi connectivity index (χ4n) is 2.55. The number of nitrogens with zero attached hydrogens (tertiary/aromatic N) is 1. The van der Waals surface area contributed by atoms with Crippen LogP contribution in [0.3, 0.4) is 0 Å². The molecule has 0 bridgehead atoms. The van der Waals surface area contributed by atoms with Crippen LogP contribution in [0.4, 0.5) is 5.69 Å². The van der Waals surface area contributed by atoms with Crippen LogP contribution >= 0.6 is 11.6 Å². The quantitative estimate of drug-likeness (QED) is 0.844. The number of halogens is 1. The molecule has 7 nitrogen and oxygen atoms in total. The summed E-state index contributed by atoms with van der Waals surface area (Å²) in [5.74, 6) is -0.0661. The molecule has 3 rings (SSSR count). The first-order valence-electron chi connectivity index (χ1n) is 6.68. The Morgan fingerprint density at radius 1 is 1.50 bits per heavy atom. The van der Waals surface area contributed by atoms with E-state index in [-0.39, 0.29) is 34.8 Å². The SMILES string of the molecule is CC1(CO)CCN1S(=O)(=O)c1cc2c(cc1Cl)NC(=O)CO2. The second-order valence-electron chi connectivity index (χ2n) is 5.60. The molecule has 0 aromatic heterocycles. The van der Waals surface area contributed by atoms with Crippen LogP contribution < -0.4 is 10.1 Å². The predicted molar refractivity (Wildman–Crippen MR) is 79.6 cm³/mol. The maximum absolute atomic E-state index is 12.7. The summed E-state index contributed by atoms with van der Waals surface area (Å²) < 4.78 is 32.0. The lowest BCUT2D eigenvalue weighted by Crippen LogP contribution is -2.62. The van der Waals surface area contributed by atoms with E-state index in [0.717, 1.165) is 0 Å². The van der Waals surface area contributed by atoms with E-state index in [1.54, 1.807) is 6.92 Å². The molecule has 9 heteroatoms. The molecule has 2 aliphatic rings. The minimum Gasteiger partial charge on any atom is -0.482 e. The lowest BCUT2D eigenvalue weighted by Gasteiger charge is -2.48. The summed E-state index contributed by atoms with van der Waals surface area (Å²) in [5.41, 5.74) is -0.471. The summed E-state index contributed by atoms with van der Waals surface area (Å²) in [7, 11) is -3.85. The molecule has 22 heavy (non-hydrogen) atoms. The Morgan fingerprint density at radius 2 is 2.23 bits per heavy atom. The van der Waals surface area contributed by atoms with Gasteiger partial charge in [-0.15, -0.1) is 0 Å². The molecule has 0 saturated carbocycles. The smallest absolute Gasteiger partial charge is 0.262 e. The van der Waals surface area contributed by atoms with Crippen molar-refractivity contribution in [3.8, 4) is 5.75 Å². The highest BCUT2D eigenvalue weighted by Crippen LogP contribution is 2.41. The summed E-state index contributed by atoms with van der Waals surface area (Å²) in [6.45, 7) is 1.56. The molecule has 120 valence electrons. The normalized spacial score (nSPS) is 25.0.